The van der Waals surface area contributed by atoms with E-state index in [-0.39, 0.29) is 5.41 Å². The molecule has 1 aromatic carbocycles. The Hall–Kier alpha value is -1.02. The van der Waals surface area contributed by atoms with Crippen LogP contribution in [0.4, 0.5) is 0 Å². The second-order valence-electron chi connectivity index (χ2n) is 7.49. The monoisotopic (exact) mass is 277 g/mol. The molecule has 0 bridgehead atoms. The van der Waals surface area contributed by atoms with Gasteiger partial charge in [0.05, 0.1) is 6.61 Å². The molecule has 0 aromatic heterocycles. The Morgan fingerprint density at radius 2 is 1.55 bits per heavy atom. The van der Waals surface area contributed by atoms with Crippen molar-refractivity contribution >= 4 is 0 Å². The number of unbranched alkanes of at least 4 members (excludes halogenated alkanes) is 1. The molecule has 0 spiro atoms. The molecule has 0 saturated carbocycles. The molecule has 114 valence electrons. The lowest BCUT2D eigenvalue weighted by molar-refractivity contribution is 0.283. The minimum absolute atomic E-state index is 0.191. The summed E-state index contributed by atoms with van der Waals surface area (Å²) < 4.78 is 5.72. The van der Waals surface area contributed by atoms with E-state index in [4.69, 9.17) is 10.5 Å². The average Bonchev–Trinajstić information content (AvgIpc) is 2.32. The van der Waals surface area contributed by atoms with Gasteiger partial charge in [0.1, 0.15) is 5.75 Å². The highest BCUT2D eigenvalue weighted by Gasteiger charge is 2.27. The zero-order valence-electron chi connectivity index (χ0n) is 13.8. The van der Waals surface area contributed by atoms with E-state index in [2.05, 4.69) is 58.9 Å². The highest BCUT2D eigenvalue weighted by atomic mass is 16.5. The van der Waals surface area contributed by atoms with Gasteiger partial charge in [-0.2, -0.15) is 0 Å². The molecular formula is C18H31NO. The summed E-state index contributed by atoms with van der Waals surface area (Å²) in [6.07, 6.45) is 3.21. The van der Waals surface area contributed by atoms with Crippen molar-refractivity contribution in [1.29, 1.82) is 0 Å². The van der Waals surface area contributed by atoms with Crippen LogP contribution in [0, 0.1) is 5.41 Å². The quantitative estimate of drug-likeness (QED) is 0.744. The van der Waals surface area contributed by atoms with Gasteiger partial charge >= 0.3 is 0 Å². The molecule has 0 heterocycles. The molecule has 0 aliphatic heterocycles. The second kappa shape index (κ2) is 7.12. The van der Waals surface area contributed by atoms with Crippen LogP contribution in [0.3, 0.4) is 0 Å². The molecule has 2 heteroatoms. The molecule has 0 unspecified atom stereocenters. The maximum Gasteiger partial charge on any atom is 0.119 e. The summed E-state index contributed by atoms with van der Waals surface area (Å²) in [7, 11) is 0. The number of hydrogen-bond acceptors (Lipinski definition) is 2. The first kappa shape index (κ1) is 17.0. The largest absolute Gasteiger partial charge is 0.494 e. The Kier molecular flexibility index (Phi) is 6.07. The van der Waals surface area contributed by atoms with Crippen molar-refractivity contribution in [3.8, 4) is 5.75 Å². The molecule has 0 saturated heterocycles. The predicted molar refractivity (Wildman–Crippen MR) is 87.3 cm³/mol. The smallest absolute Gasteiger partial charge is 0.119 e. The Morgan fingerprint density at radius 1 is 0.950 bits per heavy atom. The van der Waals surface area contributed by atoms with Crippen molar-refractivity contribution in [1.82, 2.24) is 0 Å². The maximum atomic E-state index is 5.72. The molecular weight excluding hydrogens is 246 g/mol. The fraction of sp³-hybridized carbons (Fsp3) is 0.667. The topological polar surface area (TPSA) is 35.2 Å². The molecule has 1 rings (SSSR count). The summed E-state index contributed by atoms with van der Waals surface area (Å²) >= 11 is 0. The summed E-state index contributed by atoms with van der Waals surface area (Å²) in [5, 5.41) is 0. The first-order valence-corrected chi connectivity index (χ1v) is 7.68. The van der Waals surface area contributed by atoms with Gasteiger partial charge in [-0.3, -0.25) is 0 Å². The van der Waals surface area contributed by atoms with Crippen LogP contribution in [0.5, 0.6) is 5.75 Å². The minimum Gasteiger partial charge on any atom is -0.494 e. The van der Waals surface area contributed by atoms with E-state index in [0.29, 0.717) is 5.41 Å². The van der Waals surface area contributed by atoms with Crippen LogP contribution in [0.2, 0.25) is 0 Å². The van der Waals surface area contributed by atoms with Crippen LogP contribution in [0.15, 0.2) is 24.3 Å². The Bertz CT molecular complexity index is 387. The SMILES string of the molecule is CC(C)(C)CC(C)(C)c1ccc(OCCCCN)cc1. The maximum absolute atomic E-state index is 5.72. The van der Waals surface area contributed by atoms with Crippen molar-refractivity contribution in [3.63, 3.8) is 0 Å². The molecule has 20 heavy (non-hydrogen) atoms. The third kappa shape index (κ3) is 5.96. The number of benzene rings is 1. The van der Waals surface area contributed by atoms with Crippen molar-refractivity contribution in [2.45, 2.75) is 59.3 Å². The third-order valence-corrected chi connectivity index (χ3v) is 3.48. The molecule has 1 aromatic rings. The van der Waals surface area contributed by atoms with Gasteiger partial charge in [0, 0.05) is 0 Å². The molecule has 0 fully saturated rings. The van der Waals surface area contributed by atoms with E-state index < -0.39 is 0 Å². The number of rotatable bonds is 7. The van der Waals surface area contributed by atoms with Crippen LogP contribution in [-0.2, 0) is 5.41 Å². The minimum atomic E-state index is 0.191. The van der Waals surface area contributed by atoms with Crippen molar-refractivity contribution < 1.29 is 4.74 Å². The fourth-order valence-electron chi connectivity index (χ4n) is 2.87. The van der Waals surface area contributed by atoms with Crippen LogP contribution in [0.25, 0.3) is 0 Å². The van der Waals surface area contributed by atoms with Crippen LogP contribution >= 0.6 is 0 Å². The van der Waals surface area contributed by atoms with Crippen LogP contribution < -0.4 is 10.5 Å². The average molecular weight is 277 g/mol. The first-order valence-electron chi connectivity index (χ1n) is 7.68. The van der Waals surface area contributed by atoms with Crippen molar-refractivity contribution in [3.05, 3.63) is 29.8 Å². The van der Waals surface area contributed by atoms with Gasteiger partial charge in [0.15, 0.2) is 0 Å². The first-order chi connectivity index (χ1) is 9.24. The summed E-state index contributed by atoms with van der Waals surface area (Å²) in [6, 6.07) is 8.57. The Morgan fingerprint density at radius 3 is 2.05 bits per heavy atom. The van der Waals surface area contributed by atoms with E-state index in [9.17, 15) is 0 Å². The molecule has 0 atom stereocenters. The second-order valence-corrected chi connectivity index (χ2v) is 7.49. The number of nitrogens with two attached hydrogens (primary N) is 1. The van der Waals surface area contributed by atoms with E-state index in [1.807, 2.05) is 0 Å². The Balaban J connectivity index is 2.61. The third-order valence-electron chi connectivity index (χ3n) is 3.48. The zero-order valence-corrected chi connectivity index (χ0v) is 13.8. The van der Waals surface area contributed by atoms with Gasteiger partial charge in [0.25, 0.3) is 0 Å². The zero-order chi connectivity index (χ0) is 15.2. The van der Waals surface area contributed by atoms with Gasteiger partial charge < -0.3 is 10.5 Å². The van der Waals surface area contributed by atoms with Crippen molar-refractivity contribution in [2.75, 3.05) is 13.2 Å². The standard InChI is InChI=1S/C18H31NO/c1-17(2,3)14-18(4,5)15-8-10-16(11-9-15)20-13-7-6-12-19/h8-11H,6-7,12-14,19H2,1-5H3. The van der Waals surface area contributed by atoms with Gasteiger partial charge in [-0.25, -0.2) is 0 Å². The van der Waals surface area contributed by atoms with Gasteiger partial charge in [-0.15, -0.1) is 0 Å². The fourth-order valence-corrected chi connectivity index (χ4v) is 2.87. The molecule has 2 N–H and O–H groups in total. The van der Waals surface area contributed by atoms with Crippen LogP contribution in [-0.4, -0.2) is 13.2 Å². The molecule has 2 nitrogen and oxygen atoms in total. The summed E-state index contributed by atoms with van der Waals surface area (Å²) in [4.78, 5) is 0. The van der Waals surface area contributed by atoms with E-state index >= 15 is 0 Å². The van der Waals surface area contributed by atoms with Crippen molar-refractivity contribution in [2.24, 2.45) is 11.1 Å². The summed E-state index contributed by atoms with van der Waals surface area (Å²) in [5.74, 6) is 0.956. The van der Waals surface area contributed by atoms with Gasteiger partial charge in [0.2, 0.25) is 0 Å². The number of hydrogen-bond donors (Lipinski definition) is 1. The predicted octanol–water partition coefficient (Wildman–Crippen LogP) is 4.52. The highest BCUT2D eigenvalue weighted by molar-refractivity contribution is 5.31. The van der Waals surface area contributed by atoms with Crippen LogP contribution in [0.1, 0.15) is 59.4 Å². The van der Waals surface area contributed by atoms with E-state index in [1.165, 1.54) is 5.56 Å². The lowest BCUT2D eigenvalue weighted by Gasteiger charge is -2.33. The number of ether oxygens (including phenoxy) is 1. The molecule has 0 aliphatic carbocycles. The Labute approximate surface area is 124 Å². The molecule has 0 aliphatic rings. The lowest BCUT2D eigenvalue weighted by Crippen LogP contribution is -2.24. The highest BCUT2D eigenvalue weighted by Crippen LogP contribution is 2.36. The van der Waals surface area contributed by atoms with Gasteiger partial charge in [-0.05, 0) is 54.3 Å². The molecule has 0 radical (unpaired) electrons. The summed E-state index contributed by atoms with van der Waals surface area (Å²) in [5.41, 5.74) is 7.37. The summed E-state index contributed by atoms with van der Waals surface area (Å²) in [6.45, 7) is 13.0. The van der Waals surface area contributed by atoms with E-state index in [1.54, 1.807) is 0 Å². The normalized spacial score (nSPS) is 12.5. The van der Waals surface area contributed by atoms with Gasteiger partial charge in [-0.1, -0.05) is 46.8 Å². The molecule has 0 amide bonds. The van der Waals surface area contributed by atoms with E-state index in [0.717, 1.165) is 38.2 Å². The lowest BCUT2D eigenvalue weighted by atomic mass is 9.72.